The summed E-state index contributed by atoms with van der Waals surface area (Å²) in [4.78, 5) is 11.8. The monoisotopic (exact) mass is 388 g/mol. The second-order valence-electron chi connectivity index (χ2n) is 6.08. The molecule has 0 N–H and O–H groups in total. The zero-order chi connectivity index (χ0) is 17.1. The van der Waals surface area contributed by atoms with Crippen molar-refractivity contribution in [1.82, 2.24) is 0 Å². The Balaban J connectivity index is 1.84. The van der Waals surface area contributed by atoms with Crippen LogP contribution in [0.15, 0.2) is 40.9 Å². The largest absolute Gasteiger partial charge is 0.485 e. The lowest BCUT2D eigenvalue weighted by atomic mass is 10.1. The SMILES string of the molecule is CCOC(=O)Cc1ccc(C)cc1O[C@@H]1CCc2ccc(Br)cc21. The van der Waals surface area contributed by atoms with E-state index in [1.807, 2.05) is 32.0 Å². The highest BCUT2D eigenvalue weighted by Gasteiger charge is 2.25. The summed E-state index contributed by atoms with van der Waals surface area (Å²) in [6, 6.07) is 12.3. The second-order valence-corrected chi connectivity index (χ2v) is 7.00. The molecule has 1 aliphatic carbocycles. The lowest BCUT2D eigenvalue weighted by Gasteiger charge is -2.18. The number of hydrogen-bond donors (Lipinski definition) is 0. The van der Waals surface area contributed by atoms with Gasteiger partial charge in [-0.05, 0) is 61.6 Å². The maximum Gasteiger partial charge on any atom is 0.310 e. The summed E-state index contributed by atoms with van der Waals surface area (Å²) < 4.78 is 12.5. The quantitative estimate of drug-likeness (QED) is 0.681. The highest BCUT2D eigenvalue weighted by atomic mass is 79.9. The van der Waals surface area contributed by atoms with E-state index in [0.717, 1.165) is 34.2 Å². The normalized spacial score (nSPS) is 15.9. The van der Waals surface area contributed by atoms with Gasteiger partial charge in [0, 0.05) is 10.0 Å². The number of hydrogen-bond acceptors (Lipinski definition) is 3. The van der Waals surface area contributed by atoms with Gasteiger partial charge in [-0.15, -0.1) is 0 Å². The molecule has 0 heterocycles. The van der Waals surface area contributed by atoms with Gasteiger partial charge in [-0.1, -0.05) is 34.1 Å². The number of halogens is 1. The van der Waals surface area contributed by atoms with Crippen LogP contribution >= 0.6 is 15.9 Å². The predicted molar refractivity (Wildman–Crippen MR) is 97.3 cm³/mol. The zero-order valence-electron chi connectivity index (χ0n) is 14.0. The number of aryl methyl sites for hydroxylation is 2. The van der Waals surface area contributed by atoms with Crippen LogP contribution < -0.4 is 4.74 Å². The summed E-state index contributed by atoms with van der Waals surface area (Å²) in [5.74, 6) is 0.557. The highest BCUT2D eigenvalue weighted by Crippen LogP contribution is 2.37. The van der Waals surface area contributed by atoms with E-state index in [2.05, 4.69) is 34.1 Å². The molecule has 0 saturated carbocycles. The molecule has 1 atom stereocenters. The molecule has 126 valence electrons. The zero-order valence-corrected chi connectivity index (χ0v) is 15.6. The molecule has 0 saturated heterocycles. The van der Waals surface area contributed by atoms with Gasteiger partial charge in [0.1, 0.15) is 11.9 Å². The van der Waals surface area contributed by atoms with Crippen LogP contribution in [0.4, 0.5) is 0 Å². The van der Waals surface area contributed by atoms with Gasteiger partial charge >= 0.3 is 5.97 Å². The Hall–Kier alpha value is -1.81. The molecule has 4 heteroatoms. The van der Waals surface area contributed by atoms with E-state index in [-0.39, 0.29) is 18.5 Å². The molecule has 0 amide bonds. The van der Waals surface area contributed by atoms with Crippen LogP contribution in [-0.4, -0.2) is 12.6 Å². The first kappa shape index (κ1) is 17.0. The standard InChI is InChI=1S/C20H21BrO3/c1-3-23-20(22)11-15-5-4-13(2)10-19(15)24-18-9-7-14-6-8-16(21)12-17(14)18/h4-6,8,10,12,18H,3,7,9,11H2,1-2H3/t18-/m1/s1. The average molecular weight is 389 g/mol. The van der Waals surface area contributed by atoms with Crippen LogP contribution in [0.25, 0.3) is 0 Å². The minimum atomic E-state index is -0.222. The molecule has 0 aromatic heterocycles. The van der Waals surface area contributed by atoms with E-state index < -0.39 is 0 Å². The van der Waals surface area contributed by atoms with Gasteiger partial charge in [-0.2, -0.15) is 0 Å². The summed E-state index contributed by atoms with van der Waals surface area (Å²) >= 11 is 3.54. The molecule has 0 spiro atoms. The topological polar surface area (TPSA) is 35.5 Å². The average Bonchev–Trinajstić information content (AvgIpc) is 2.92. The molecule has 0 bridgehead atoms. The van der Waals surface area contributed by atoms with Crippen molar-refractivity contribution >= 4 is 21.9 Å². The minimum Gasteiger partial charge on any atom is -0.485 e. The van der Waals surface area contributed by atoms with Crippen LogP contribution in [-0.2, 0) is 22.4 Å². The molecule has 0 unspecified atom stereocenters. The van der Waals surface area contributed by atoms with Crippen LogP contribution in [0.5, 0.6) is 5.75 Å². The summed E-state index contributed by atoms with van der Waals surface area (Å²) in [5.41, 5.74) is 4.56. The number of carbonyl (C=O) groups excluding carboxylic acids is 1. The van der Waals surface area contributed by atoms with E-state index in [9.17, 15) is 4.79 Å². The van der Waals surface area contributed by atoms with Crippen LogP contribution in [0.3, 0.4) is 0 Å². The summed E-state index contributed by atoms with van der Waals surface area (Å²) in [7, 11) is 0. The molecule has 2 aromatic rings. The summed E-state index contributed by atoms with van der Waals surface area (Å²) in [5, 5.41) is 0. The molecule has 2 aromatic carbocycles. The van der Waals surface area contributed by atoms with Crippen molar-refractivity contribution in [1.29, 1.82) is 0 Å². The maximum absolute atomic E-state index is 11.8. The van der Waals surface area contributed by atoms with E-state index >= 15 is 0 Å². The van der Waals surface area contributed by atoms with E-state index in [0.29, 0.717) is 6.61 Å². The van der Waals surface area contributed by atoms with E-state index in [4.69, 9.17) is 9.47 Å². The third-order valence-electron chi connectivity index (χ3n) is 4.26. The van der Waals surface area contributed by atoms with Crippen LogP contribution in [0.1, 0.15) is 41.7 Å². The first-order valence-electron chi connectivity index (χ1n) is 8.27. The number of benzene rings is 2. The molecule has 0 radical (unpaired) electrons. The Bertz CT molecular complexity index is 755. The lowest BCUT2D eigenvalue weighted by Crippen LogP contribution is -2.11. The maximum atomic E-state index is 11.8. The highest BCUT2D eigenvalue weighted by molar-refractivity contribution is 9.10. The van der Waals surface area contributed by atoms with Gasteiger partial charge in [0.25, 0.3) is 0 Å². The van der Waals surface area contributed by atoms with Crippen LogP contribution in [0.2, 0.25) is 0 Å². The van der Waals surface area contributed by atoms with Gasteiger partial charge in [0.05, 0.1) is 13.0 Å². The molecule has 0 fully saturated rings. The fraction of sp³-hybridized carbons (Fsp3) is 0.350. The van der Waals surface area contributed by atoms with Gasteiger partial charge in [0.15, 0.2) is 0 Å². The van der Waals surface area contributed by atoms with Crippen molar-refractivity contribution in [2.45, 2.75) is 39.2 Å². The Morgan fingerprint density at radius 1 is 1.25 bits per heavy atom. The Morgan fingerprint density at radius 2 is 2.08 bits per heavy atom. The van der Waals surface area contributed by atoms with Gasteiger partial charge in [-0.25, -0.2) is 0 Å². The molecule has 3 rings (SSSR count). The lowest BCUT2D eigenvalue weighted by molar-refractivity contribution is -0.142. The van der Waals surface area contributed by atoms with Gasteiger partial charge < -0.3 is 9.47 Å². The first-order chi connectivity index (χ1) is 11.6. The molecule has 3 nitrogen and oxygen atoms in total. The predicted octanol–water partition coefficient (Wildman–Crippen LogP) is 4.93. The fourth-order valence-electron chi connectivity index (χ4n) is 3.10. The number of fused-ring (bicyclic) bond motifs is 1. The van der Waals surface area contributed by atoms with Crippen molar-refractivity contribution < 1.29 is 14.3 Å². The van der Waals surface area contributed by atoms with Crippen molar-refractivity contribution in [2.24, 2.45) is 0 Å². The smallest absolute Gasteiger partial charge is 0.310 e. The minimum absolute atomic E-state index is 0.0280. The number of esters is 1. The molecular formula is C20H21BrO3. The van der Waals surface area contributed by atoms with Crippen molar-refractivity contribution in [3.63, 3.8) is 0 Å². The van der Waals surface area contributed by atoms with E-state index in [1.165, 1.54) is 11.1 Å². The summed E-state index contributed by atoms with van der Waals surface area (Å²) in [6.45, 7) is 4.24. The van der Waals surface area contributed by atoms with Gasteiger partial charge in [-0.3, -0.25) is 4.79 Å². The molecular weight excluding hydrogens is 368 g/mol. The summed E-state index contributed by atoms with van der Waals surface area (Å²) in [6.07, 6.45) is 2.24. The third-order valence-corrected chi connectivity index (χ3v) is 4.76. The van der Waals surface area contributed by atoms with Gasteiger partial charge in [0.2, 0.25) is 0 Å². The Labute approximate surface area is 151 Å². The van der Waals surface area contributed by atoms with Crippen LogP contribution in [0, 0.1) is 6.92 Å². The molecule has 0 aliphatic heterocycles. The Morgan fingerprint density at radius 3 is 2.88 bits per heavy atom. The van der Waals surface area contributed by atoms with Crippen molar-refractivity contribution in [2.75, 3.05) is 6.61 Å². The molecule has 24 heavy (non-hydrogen) atoms. The number of rotatable bonds is 5. The first-order valence-corrected chi connectivity index (χ1v) is 9.06. The molecule has 1 aliphatic rings. The third kappa shape index (κ3) is 3.81. The fourth-order valence-corrected chi connectivity index (χ4v) is 3.47. The van der Waals surface area contributed by atoms with E-state index in [1.54, 1.807) is 0 Å². The number of carbonyl (C=O) groups is 1. The Kier molecular flexibility index (Phi) is 5.24. The second kappa shape index (κ2) is 7.39. The van der Waals surface area contributed by atoms with Crippen molar-refractivity contribution in [3.8, 4) is 5.75 Å². The van der Waals surface area contributed by atoms with Crippen molar-refractivity contribution in [3.05, 3.63) is 63.1 Å². The number of ether oxygens (including phenoxy) is 2.